The number of hydrogen-bond donors (Lipinski definition) is 4. The summed E-state index contributed by atoms with van der Waals surface area (Å²) < 4.78 is 0. The Morgan fingerprint density at radius 2 is 2.00 bits per heavy atom. The fraction of sp³-hybridized carbons (Fsp3) is 0.273. The molecule has 0 aliphatic rings. The van der Waals surface area contributed by atoms with E-state index in [1.165, 1.54) is 12.1 Å². The summed E-state index contributed by atoms with van der Waals surface area (Å²) in [5.74, 6) is -0.820. The van der Waals surface area contributed by atoms with Crippen molar-refractivity contribution in [2.24, 2.45) is 5.73 Å². The number of amides is 2. The lowest BCUT2D eigenvalue weighted by atomic mass is 10.1. The number of carbonyl (C=O) groups excluding carboxylic acids is 2. The van der Waals surface area contributed by atoms with Gasteiger partial charge in [-0.15, -0.1) is 0 Å². The standard InChI is InChI=1S/C11H16N4O2/c1-6(4-10(14)16)15-11(17)8-3-2-7(12)5-9(8)13/h2-3,5-6H,4,12-13H2,1H3,(H2,14,16)(H,15,17). The minimum absolute atomic E-state index is 0.0839. The van der Waals surface area contributed by atoms with Gasteiger partial charge in [-0.1, -0.05) is 0 Å². The van der Waals surface area contributed by atoms with E-state index in [0.29, 0.717) is 16.9 Å². The molecule has 0 bridgehead atoms. The maximum atomic E-state index is 11.8. The van der Waals surface area contributed by atoms with E-state index in [-0.39, 0.29) is 18.4 Å². The van der Waals surface area contributed by atoms with Crippen LogP contribution in [0.2, 0.25) is 0 Å². The molecular formula is C11H16N4O2. The van der Waals surface area contributed by atoms with Gasteiger partial charge in [-0.2, -0.15) is 0 Å². The molecule has 1 rings (SSSR count). The molecule has 1 aromatic rings. The maximum absolute atomic E-state index is 11.8. The SMILES string of the molecule is CC(CC(N)=O)NC(=O)c1ccc(N)cc1N. The van der Waals surface area contributed by atoms with E-state index in [1.807, 2.05) is 0 Å². The molecule has 1 unspecified atom stereocenters. The molecule has 0 aliphatic heterocycles. The van der Waals surface area contributed by atoms with Gasteiger partial charge < -0.3 is 22.5 Å². The molecule has 6 heteroatoms. The summed E-state index contributed by atoms with van der Waals surface area (Å²) in [6.07, 6.45) is 0.0839. The molecule has 0 radical (unpaired) electrons. The number of nitrogens with two attached hydrogens (primary N) is 3. The quantitative estimate of drug-likeness (QED) is 0.542. The molecule has 0 spiro atoms. The van der Waals surface area contributed by atoms with E-state index in [1.54, 1.807) is 13.0 Å². The molecule has 0 aliphatic carbocycles. The van der Waals surface area contributed by atoms with Gasteiger partial charge in [-0.05, 0) is 25.1 Å². The Labute approximate surface area is 99.1 Å². The zero-order chi connectivity index (χ0) is 13.0. The van der Waals surface area contributed by atoms with Gasteiger partial charge in [0.1, 0.15) is 0 Å². The van der Waals surface area contributed by atoms with E-state index < -0.39 is 5.91 Å². The summed E-state index contributed by atoms with van der Waals surface area (Å²) in [6, 6.07) is 4.30. The Morgan fingerprint density at radius 1 is 1.35 bits per heavy atom. The van der Waals surface area contributed by atoms with E-state index in [4.69, 9.17) is 17.2 Å². The molecule has 0 fully saturated rings. The van der Waals surface area contributed by atoms with Crippen LogP contribution in [0.5, 0.6) is 0 Å². The number of carbonyl (C=O) groups is 2. The number of nitrogens with one attached hydrogen (secondary N) is 1. The second-order valence-corrected chi connectivity index (χ2v) is 3.89. The number of benzene rings is 1. The van der Waals surface area contributed by atoms with Crippen molar-refractivity contribution in [3.05, 3.63) is 23.8 Å². The first-order valence-corrected chi connectivity index (χ1v) is 5.14. The zero-order valence-corrected chi connectivity index (χ0v) is 9.57. The molecule has 2 amide bonds. The Kier molecular flexibility index (Phi) is 3.92. The average Bonchev–Trinajstić information content (AvgIpc) is 2.15. The highest BCUT2D eigenvalue weighted by Gasteiger charge is 2.13. The van der Waals surface area contributed by atoms with Crippen LogP contribution in [0.3, 0.4) is 0 Å². The highest BCUT2D eigenvalue weighted by atomic mass is 16.2. The minimum Gasteiger partial charge on any atom is -0.399 e. The highest BCUT2D eigenvalue weighted by molar-refractivity contribution is 6.00. The van der Waals surface area contributed by atoms with E-state index in [0.717, 1.165) is 0 Å². The maximum Gasteiger partial charge on any atom is 0.253 e. The zero-order valence-electron chi connectivity index (χ0n) is 9.57. The summed E-state index contributed by atoms with van der Waals surface area (Å²) in [4.78, 5) is 22.5. The fourth-order valence-corrected chi connectivity index (χ4v) is 1.44. The lowest BCUT2D eigenvalue weighted by Crippen LogP contribution is -2.36. The Hall–Kier alpha value is -2.24. The van der Waals surface area contributed by atoms with E-state index in [9.17, 15) is 9.59 Å². The summed E-state index contributed by atoms with van der Waals surface area (Å²) in [5, 5.41) is 2.63. The van der Waals surface area contributed by atoms with Crippen LogP contribution >= 0.6 is 0 Å². The second-order valence-electron chi connectivity index (χ2n) is 3.89. The van der Waals surface area contributed by atoms with Crippen molar-refractivity contribution in [1.29, 1.82) is 0 Å². The monoisotopic (exact) mass is 236 g/mol. The molecular weight excluding hydrogens is 220 g/mol. The van der Waals surface area contributed by atoms with Gasteiger partial charge in [0.25, 0.3) is 5.91 Å². The topological polar surface area (TPSA) is 124 Å². The third-order valence-corrected chi connectivity index (χ3v) is 2.21. The smallest absolute Gasteiger partial charge is 0.253 e. The van der Waals surface area contributed by atoms with Crippen molar-refractivity contribution in [3.8, 4) is 0 Å². The van der Waals surface area contributed by atoms with Crippen molar-refractivity contribution in [1.82, 2.24) is 5.32 Å². The van der Waals surface area contributed by atoms with Crippen LogP contribution < -0.4 is 22.5 Å². The van der Waals surface area contributed by atoms with Crippen molar-refractivity contribution >= 4 is 23.2 Å². The van der Waals surface area contributed by atoms with Crippen molar-refractivity contribution in [2.75, 3.05) is 11.5 Å². The van der Waals surface area contributed by atoms with Crippen LogP contribution in [0, 0.1) is 0 Å². The average molecular weight is 236 g/mol. The van der Waals surface area contributed by atoms with Crippen LogP contribution in [0.15, 0.2) is 18.2 Å². The van der Waals surface area contributed by atoms with E-state index >= 15 is 0 Å². The van der Waals surface area contributed by atoms with Gasteiger partial charge in [0.2, 0.25) is 5.91 Å². The molecule has 1 aromatic carbocycles. The van der Waals surface area contributed by atoms with Gasteiger partial charge >= 0.3 is 0 Å². The largest absolute Gasteiger partial charge is 0.399 e. The number of primary amides is 1. The lowest BCUT2D eigenvalue weighted by Gasteiger charge is -2.13. The first-order valence-electron chi connectivity index (χ1n) is 5.14. The fourth-order valence-electron chi connectivity index (χ4n) is 1.44. The van der Waals surface area contributed by atoms with Crippen LogP contribution in [-0.2, 0) is 4.79 Å². The Bertz CT molecular complexity index is 445. The molecule has 6 nitrogen and oxygen atoms in total. The summed E-state index contributed by atoms with van der Waals surface area (Å²) in [5.41, 5.74) is 17.3. The number of anilines is 2. The van der Waals surface area contributed by atoms with Crippen molar-refractivity contribution < 1.29 is 9.59 Å². The van der Waals surface area contributed by atoms with Crippen molar-refractivity contribution in [2.45, 2.75) is 19.4 Å². The molecule has 0 aromatic heterocycles. The molecule has 0 saturated heterocycles. The first kappa shape index (κ1) is 12.8. The predicted molar refractivity (Wildman–Crippen MR) is 66.0 cm³/mol. The third kappa shape index (κ3) is 3.67. The second kappa shape index (κ2) is 5.20. The lowest BCUT2D eigenvalue weighted by molar-refractivity contribution is -0.118. The van der Waals surface area contributed by atoms with E-state index in [2.05, 4.69) is 5.32 Å². The molecule has 0 saturated carbocycles. The normalized spacial score (nSPS) is 11.8. The van der Waals surface area contributed by atoms with Crippen LogP contribution in [0.25, 0.3) is 0 Å². The summed E-state index contributed by atoms with van der Waals surface area (Å²) >= 11 is 0. The third-order valence-electron chi connectivity index (χ3n) is 2.21. The van der Waals surface area contributed by atoms with Gasteiger partial charge in [0, 0.05) is 23.8 Å². The van der Waals surface area contributed by atoms with Crippen molar-refractivity contribution in [3.63, 3.8) is 0 Å². The van der Waals surface area contributed by atoms with Crippen LogP contribution in [0.4, 0.5) is 11.4 Å². The van der Waals surface area contributed by atoms with Crippen LogP contribution in [-0.4, -0.2) is 17.9 Å². The number of nitrogen functional groups attached to an aromatic ring is 2. The summed E-state index contributed by atoms with van der Waals surface area (Å²) in [6.45, 7) is 1.69. The Balaban J connectivity index is 2.73. The van der Waals surface area contributed by atoms with Gasteiger partial charge in [0.05, 0.1) is 5.56 Å². The predicted octanol–water partition coefficient (Wildman–Crippen LogP) is -0.155. The molecule has 92 valence electrons. The van der Waals surface area contributed by atoms with Gasteiger partial charge in [-0.3, -0.25) is 9.59 Å². The van der Waals surface area contributed by atoms with Crippen LogP contribution in [0.1, 0.15) is 23.7 Å². The minimum atomic E-state index is -0.469. The number of rotatable bonds is 4. The Morgan fingerprint density at radius 3 is 2.53 bits per heavy atom. The molecule has 1 atom stereocenters. The van der Waals surface area contributed by atoms with Gasteiger partial charge in [-0.25, -0.2) is 0 Å². The first-order chi connectivity index (χ1) is 7.90. The summed E-state index contributed by atoms with van der Waals surface area (Å²) in [7, 11) is 0. The molecule has 7 N–H and O–H groups in total. The molecule has 17 heavy (non-hydrogen) atoms. The molecule has 0 heterocycles. The van der Waals surface area contributed by atoms with Gasteiger partial charge in [0.15, 0.2) is 0 Å². The highest BCUT2D eigenvalue weighted by Crippen LogP contribution is 2.15. The number of hydrogen-bond acceptors (Lipinski definition) is 4.